The molecule has 4 rings (SSSR count). The van der Waals surface area contributed by atoms with Gasteiger partial charge in [-0.3, -0.25) is 0 Å². The van der Waals surface area contributed by atoms with Crippen LogP contribution in [0.4, 0.5) is 11.4 Å². The highest BCUT2D eigenvalue weighted by molar-refractivity contribution is 7.93. The maximum absolute atomic E-state index is 14.1. The molecule has 10 heteroatoms. The number of nitrogens with zero attached hydrogens (tertiary/aromatic N) is 2. The molecule has 0 aromatic heterocycles. The Hall–Kier alpha value is -4.51. The number of benzene rings is 4. The predicted molar refractivity (Wildman–Crippen MR) is 203 cm³/mol. The lowest BCUT2D eigenvalue weighted by molar-refractivity contribution is 0.595. The second kappa shape index (κ2) is 14.3. The van der Waals surface area contributed by atoms with Crippen LogP contribution in [0, 0.1) is 48.9 Å². The van der Waals surface area contributed by atoms with E-state index in [9.17, 15) is 16.8 Å². The molecular formula is C38H40N2O4S2Si2. The van der Waals surface area contributed by atoms with E-state index in [1.165, 1.54) is 0 Å². The molecule has 6 nitrogen and oxygen atoms in total. The van der Waals surface area contributed by atoms with Crippen LogP contribution in [0.15, 0.2) is 107 Å². The van der Waals surface area contributed by atoms with Gasteiger partial charge in [-0.2, -0.15) is 8.61 Å². The molecule has 48 heavy (non-hydrogen) atoms. The monoisotopic (exact) mass is 708 g/mol. The van der Waals surface area contributed by atoms with E-state index in [2.05, 4.69) is 35.0 Å². The number of rotatable bonds is 6. The predicted octanol–water partition coefficient (Wildman–Crippen LogP) is 7.77. The molecule has 246 valence electrons. The zero-order chi connectivity index (χ0) is 35.3. The Balaban J connectivity index is 1.91. The summed E-state index contributed by atoms with van der Waals surface area (Å²) >= 11 is 0. The van der Waals surface area contributed by atoms with E-state index >= 15 is 0 Å². The highest BCUT2D eigenvalue weighted by Gasteiger charge is 2.28. The van der Waals surface area contributed by atoms with E-state index in [0.717, 1.165) is 19.7 Å². The molecule has 4 aromatic carbocycles. The number of para-hydroxylation sites is 2. The van der Waals surface area contributed by atoms with E-state index < -0.39 is 36.2 Å². The van der Waals surface area contributed by atoms with Gasteiger partial charge in [-0.25, -0.2) is 16.8 Å². The van der Waals surface area contributed by atoms with Crippen LogP contribution in [0.5, 0.6) is 0 Å². The van der Waals surface area contributed by atoms with Crippen molar-refractivity contribution < 1.29 is 16.8 Å². The molecule has 0 atom stereocenters. The van der Waals surface area contributed by atoms with Crippen LogP contribution in [0.25, 0.3) is 0 Å². The average molecular weight is 709 g/mol. The third-order valence-corrected chi connectivity index (χ3v) is 11.8. The number of aryl methyl sites for hydroxylation is 2. The molecule has 0 bridgehead atoms. The highest BCUT2D eigenvalue weighted by atomic mass is 32.2. The standard InChI is InChI=1S/C38H40N2O4S2Si2/c1-31-17-23-35(24-18-31)45(41,42)39(27-29-47(3,4)5)37-15-11-9-13-33(37)21-22-34-14-10-12-16-38(34)40(28-30-48(6,7)8)46(43,44)36-25-19-32(2)20-26-36/h9-20,23-26H,1-8H3. The molecule has 0 aliphatic carbocycles. The van der Waals surface area contributed by atoms with Crippen LogP contribution in [0.3, 0.4) is 0 Å². The summed E-state index contributed by atoms with van der Waals surface area (Å²) in [4.78, 5) is 0.230. The first kappa shape index (κ1) is 36.3. The van der Waals surface area contributed by atoms with Crippen LogP contribution in [0.1, 0.15) is 22.3 Å². The van der Waals surface area contributed by atoms with Gasteiger partial charge in [0.2, 0.25) is 0 Å². The molecule has 0 spiro atoms. The van der Waals surface area contributed by atoms with E-state index in [-0.39, 0.29) is 9.79 Å². The lowest BCUT2D eigenvalue weighted by atomic mass is 10.1. The Bertz CT molecular complexity index is 2060. The van der Waals surface area contributed by atoms with Crippen LogP contribution >= 0.6 is 0 Å². The van der Waals surface area contributed by atoms with Crippen LogP contribution in [0.2, 0.25) is 39.3 Å². The minimum atomic E-state index is -4.08. The average Bonchev–Trinajstić information content (AvgIpc) is 3.00. The van der Waals surface area contributed by atoms with E-state index in [1.807, 2.05) is 53.1 Å². The molecule has 0 radical (unpaired) electrons. The quantitative estimate of drug-likeness (QED) is 0.117. The van der Waals surface area contributed by atoms with Crippen molar-refractivity contribution in [1.82, 2.24) is 0 Å². The third-order valence-electron chi connectivity index (χ3n) is 6.76. The lowest BCUT2D eigenvalue weighted by Crippen LogP contribution is -2.29. The van der Waals surface area contributed by atoms with E-state index in [4.69, 9.17) is 0 Å². The van der Waals surface area contributed by atoms with Crippen molar-refractivity contribution in [3.8, 4) is 35.0 Å². The smallest absolute Gasteiger partial charge is 0.200 e. The van der Waals surface area contributed by atoms with E-state index in [0.29, 0.717) is 22.5 Å². The van der Waals surface area contributed by atoms with Gasteiger partial charge in [-0.1, -0.05) is 111 Å². The van der Waals surface area contributed by atoms with Gasteiger partial charge in [-0.05, 0) is 62.4 Å². The summed E-state index contributed by atoms with van der Waals surface area (Å²) in [5.74, 6) is 6.27. The van der Waals surface area contributed by atoms with Crippen molar-refractivity contribution in [1.29, 1.82) is 0 Å². The van der Waals surface area contributed by atoms with Gasteiger partial charge in [0.15, 0.2) is 0 Å². The summed E-state index contributed by atoms with van der Waals surface area (Å²) in [7, 11) is -12.2. The third kappa shape index (κ3) is 9.09. The zero-order valence-corrected chi connectivity index (χ0v) is 32.2. The first-order valence-corrected chi connectivity index (χ1v) is 25.3. The molecule has 0 saturated carbocycles. The van der Waals surface area contributed by atoms with Crippen molar-refractivity contribution >= 4 is 47.6 Å². The summed E-state index contributed by atoms with van der Waals surface area (Å²) in [5, 5.41) is 0. The second-order valence-corrected chi connectivity index (χ2v) is 26.5. The maximum atomic E-state index is 14.1. The van der Waals surface area contributed by atoms with Crippen molar-refractivity contribution in [2.75, 3.05) is 8.61 Å². The Morgan fingerprint density at radius 3 is 1.10 bits per heavy atom. The second-order valence-electron chi connectivity index (χ2n) is 13.4. The maximum Gasteiger partial charge on any atom is 0.275 e. The fourth-order valence-corrected chi connectivity index (χ4v) is 7.82. The number of sulfonamides is 2. The molecule has 0 aliphatic heterocycles. The Kier molecular flexibility index (Phi) is 10.8. The fraction of sp³-hybridized carbons (Fsp3) is 0.211. The van der Waals surface area contributed by atoms with Gasteiger partial charge in [-0.15, -0.1) is 11.1 Å². The summed E-state index contributed by atoms with van der Waals surface area (Å²) in [6.07, 6.45) is 0. The minimum absolute atomic E-state index is 0.115. The van der Waals surface area contributed by atoms with Crippen LogP contribution < -0.4 is 8.61 Å². The summed E-state index contributed by atoms with van der Waals surface area (Å²) in [6, 6.07) is 33.0. The molecule has 0 heterocycles. The van der Waals surface area contributed by atoms with Crippen molar-refractivity contribution in [2.45, 2.75) is 62.9 Å². The summed E-state index contributed by atoms with van der Waals surface area (Å²) in [6.45, 7) is 16.0. The molecular weight excluding hydrogens is 669 g/mol. The minimum Gasteiger partial charge on any atom is -0.200 e. The number of hydrogen-bond acceptors (Lipinski definition) is 4. The van der Waals surface area contributed by atoms with Crippen molar-refractivity contribution in [3.63, 3.8) is 0 Å². The van der Waals surface area contributed by atoms with Crippen LogP contribution in [-0.2, 0) is 20.0 Å². The van der Waals surface area contributed by atoms with Gasteiger partial charge in [0.25, 0.3) is 20.0 Å². The molecule has 0 N–H and O–H groups in total. The number of hydrogen-bond donors (Lipinski definition) is 0. The Morgan fingerprint density at radius 2 is 0.792 bits per heavy atom. The van der Waals surface area contributed by atoms with Gasteiger partial charge in [0.05, 0.1) is 32.3 Å². The van der Waals surface area contributed by atoms with Crippen LogP contribution in [-0.4, -0.2) is 33.0 Å². The SMILES string of the molecule is Cc1ccc(S(=O)(=O)N(C#C[Si](C)(C)C)c2ccccc2C#Cc2ccccc2N(C#C[Si](C)(C)C)S(=O)(=O)c2ccc(C)cc2)cc1. The van der Waals surface area contributed by atoms with Crippen molar-refractivity contribution in [2.24, 2.45) is 0 Å². The van der Waals surface area contributed by atoms with Crippen molar-refractivity contribution in [3.05, 3.63) is 119 Å². The highest BCUT2D eigenvalue weighted by Crippen LogP contribution is 2.29. The zero-order valence-electron chi connectivity index (χ0n) is 28.6. The molecule has 0 amide bonds. The van der Waals surface area contributed by atoms with Gasteiger partial charge < -0.3 is 0 Å². The molecule has 0 aliphatic rings. The normalized spacial score (nSPS) is 11.6. The first-order valence-electron chi connectivity index (χ1n) is 15.4. The van der Waals surface area contributed by atoms with Gasteiger partial charge in [0, 0.05) is 12.1 Å². The van der Waals surface area contributed by atoms with Gasteiger partial charge >= 0.3 is 0 Å². The molecule has 0 fully saturated rings. The lowest BCUT2D eigenvalue weighted by Gasteiger charge is -2.21. The Labute approximate surface area is 289 Å². The molecule has 0 saturated heterocycles. The number of anilines is 2. The summed E-state index contributed by atoms with van der Waals surface area (Å²) < 4.78 is 58.4. The largest absolute Gasteiger partial charge is 0.275 e. The van der Waals surface area contributed by atoms with Gasteiger partial charge in [0.1, 0.15) is 16.1 Å². The topological polar surface area (TPSA) is 74.8 Å². The molecule has 0 unspecified atom stereocenters. The summed E-state index contributed by atoms with van der Waals surface area (Å²) in [5.41, 5.74) is 9.69. The first-order chi connectivity index (χ1) is 22.4. The fourth-order valence-electron chi connectivity index (χ4n) is 4.22. The Morgan fingerprint density at radius 1 is 0.479 bits per heavy atom. The molecule has 4 aromatic rings. The van der Waals surface area contributed by atoms with E-state index in [1.54, 1.807) is 97.1 Å².